The Hall–Kier alpha value is -5.81. The van der Waals surface area contributed by atoms with Gasteiger partial charge in [0.25, 0.3) is 0 Å². The largest absolute Gasteiger partial charge is 0.457 e. The molecule has 0 amide bonds. The molecule has 7 aromatic rings. The highest BCUT2D eigenvalue weighted by Gasteiger charge is 2.42. The zero-order chi connectivity index (χ0) is 44.6. The van der Waals surface area contributed by atoms with Crippen LogP contribution in [0.15, 0.2) is 145 Å². The number of para-hydroxylation sites is 1. The van der Waals surface area contributed by atoms with Crippen LogP contribution >= 0.6 is 0 Å². The van der Waals surface area contributed by atoms with Crippen LogP contribution in [0.5, 0.6) is 11.5 Å². The smallest absolute Gasteiger partial charge is 0.137 e. The molecule has 320 valence electrons. The van der Waals surface area contributed by atoms with Crippen LogP contribution in [0.1, 0.15) is 119 Å². The van der Waals surface area contributed by atoms with Crippen LogP contribution in [0.25, 0.3) is 27.6 Å². The number of anilines is 2. The topological polar surface area (TPSA) is 33.5 Å². The van der Waals surface area contributed by atoms with Gasteiger partial charge >= 0.3 is 0 Å². The third kappa shape index (κ3) is 8.03. The van der Waals surface area contributed by atoms with E-state index in [-0.39, 0.29) is 27.1 Å². The van der Waals surface area contributed by atoms with Crippen LogP contribution in [0.3, 0.4) is 0 Å². The summed E-state index contributed by atoms with van der Waals surface area (Å²) in [6, 6.07) is 46.3. The molecule has 0 spiro atoms. The van der Waals surface area contributed by atoms with Crippen molar-refractivity contribution in [3.05, 3.63) is 167 Å². The van der Waals surface area contributed by atoms with Crippen LogP contribution in [0, 0.1) is 10.8 Å². The Bertz CT molecular complexity index is 2810. The number of aromatic nitrogens is 2. The molecule has 0 saturated carbocycles. The Morgan fingerprint density at radius 2 is 1.03 bits per heavy atom. The van der Waals surface area contributed by atoms with Crippen LogP contribution in [-0.4, -0.2) is 16.2 Å². The maximum absolute atomic E-state index is 6.84. The first-order valence-corrected chi connectivity index (χ1v) is 22.3. The fraction of sp³-hybridized carbons (Fsp3) is 0.351. The number of nitrogens with zero attached hydrogens (tertiary/aromatic N) is 4. The zero-order valence-electron chi connectivity index (χ0n) is 39.6. The molecule has 0 fully saturated rings. The highest BCUT2D eigenvalue weighted by Crippen LogP contribution is 2.49. The van der Waals surface area contributed by atoms with Crippen LogP contribution in [0.2, 0.25) is 0 Å². The number of fused-ring (bicyclic) bond motifs is 3. The van der Waals surface area contributed by atoms with Crippen LogP contribution in [-0.2, 0) is 16.2 Å². The fourth-order valence-corrected chi connectivity index (χ4v) is 9.18. The first kappa shape index (κ1) is 42.9. The number of benzene rings is 5. The molecule has 0 unspecified atom stereocenters. The van der Waals surface area contributed by atoms with E-state index in [1.165, 1.54) is 50.1 Å². The van der Waals surface area contributed by atoms with Gasteiger partial charge in [0.1, 0.15) is 17.3 Å². The zero-order valence-corrected chi connectivity index (χ0v) is 39.6. The fourth-order valence-electron chi connectivity index (χ4n) is 9.18. The second-order valence-electron chi connectivity index (χ2n) is 22.0. The van der Waals surface area contributed by atoms with Crippen molar-refractivity contribution in [1.82, 2.24) is 9.55 Å². The molecule has 0 aliphatic carbocycles. The summed E-state index contributed by atoms with van der Waals surface area (Å²) in [5.41, 5.74) is 11.9. The molecule has 0 N–H and O–H groups in total. The predicted molar refractivity (Wildman–Crippen MR) is 263 cm³/mol. The van der Waals surface area contributed by atoms with Gasteiger partial charge in [-0.05, 0) is 87.7 Å². The van der Waals surface area contributed by atoms with Crippen molar-refractivity contribution in [2.75, 3.05) is 16.5 Å². The van der Waals surface area contributed by atoms with Gasteiger partial charge in [0, 0.05) is 68.1 Å². The lowest BCUT2D eigenvalue weighted by atomic mass is 9.75. The van der Waals surface area contributed by atoms with E-state index >= 15 is 0 Å². The Labute approximate surface area is 371 Å². The van der Waals surface area contributed by atoms with E-state index in [4.69, 9.17) is 9.72 Å². The molecular formula is C57H66N4O. The standard InChI is InChI=1S/C57H66N4O/c1-53(2,3)39-29-30-58-50(34-39)61-48-26-19-18-25-46(48)47-28-27-45(36-49(47)61)62-44-24-20-23-42(35-44)59-37-60(52(56(10,11)12)51(59)55(7,8)9)43-32-40(54(4,5)6)31-41(33-43)57(13,14)38-21-16-15-17-22-38/h15-36H,37H2,1-14H3. The summed E-state index contributed by atoms with van der Waals surface area (Å²) in [7, 11) is 0. The normalized spacial score (nSPS) is 14.4. The van der Waals surface area contributed by atoms with Crippen molar-refractivity contribution >= 4 is 33.2 Å². The van der Waals surface area contributed by atoms with E-state index < -0.39 is 0 Å². The number of hydrogen-bond donors (Lipinski definition) is 0. The van der Waals surface area contributed by atoms with Gasteiger partial charge in [0.05, 0.1) is 17.7 Å². The molecule has 0 bridgehead atoms. The van der Waals surface area contributed by atoms with Crippen molar-refractivity contribution < 1.29 is 4.74 Å². The average Bonchev–Trinajstić information content (AvgIpc) is 3.79. The first-order valence-electron chi connectivity index (χ1n) is 22.3. The minimum absolute atomic E-state index is 0.00348. The van der Waals surface area contributed by atoms with Gasteiger partial charge in [-0.25, -0.2) is 4.98 Å². The minimum Gasteiger partial charge on any atom is -0.457 e. The third-order valence-corrected chi connectivity index (χ3v) is 12.6. The number of ether oxygens (including phenoxy) is 1. The van der Waals surface area contributed by atoms with E-state index in [1.54, 1.807) is 0 Å². The Morgan fingerprint density at radius 1 is 0.435 bits per heavy atom. The van der Waals surface area contributed by atoms with Crippen molar-refractivity contribution in [1.29, 1.82) is 0 Å². The minimum atomic E-state index is -0.189. The second-order valence-corrected chi connectivity index (χ2v) is 22.0. The summed E-state index contributed by atoms with van der Waals surface area (Å²) in [4.78, 5) is 10.0. The van der Waals surface area contributed by atoms with Crippen molar-refractivity contribution in [2.24, 2.45) is 10.8 Å². The number of pyridine rings is 1. The van der Waals surface area contributed by atoms with E-state index in [2.05, 4.69) is 239 Å². The lowest BCUT2D eigenvalue weighted by Gasteiger charge is -2.35. The monoisotopic (exact) mass is 823 g/mol. The SMILES string of the molecule is CC(C)(C)C1=C(C(C)(C)C)N(c2cc(C(C)(C)C)cc(C(C)(C)c3ccccc3)c2)CN1c1cccc(Oc2ccc3c4ccccc4n(-c4cc(C(C)(C)C)ccn4)c3c2)c1. The van der Waals surface area contributed by atoms with Gasteiger partial charge in [-0.15, -0.1) is 0 Å². The van der Waals surface area contributed by atoms with Crippen molar-refractivity contribution in [2.45, 2.75) is 113 Å². The summed E-state index contributed by atoms with van der Waals surface area (Å²) < 4.78 is 9.11. The third-order valence-electron chi connectivity index (χ3n) is 12.6. The summed E-state index contributed by atoms with van der Waals surface area (Å²) >= 11 is 0. The summed E-state index contributed by atoms with van der Waals surface area (Å²) in [5.74, 6) is 2.48. The molecule has 0 saturated heterocycles. The van der Waals surface area contributed by atoms with E-state index in [0.717, 1.165) is 34.0 Å². The molecule has 2 aromatic heterocycles. The Balaban J connectivity index is 1.21. The van der Waals surface area contributed by atoms with E-state index in [1.807, 2.05) is 6.20 Å². The lowest BCUT2D eigenvalue weighted by molar-refractivity contribution is 0.444. The molecule has 0 radical (unpaired) electrons. The summed E-state index contributed by atoms with van der Waals surface area (Å²) in [6.07, 6.45) is 1.93. The number of rotatable bonds is 7. The quantitative estimate of drug-likeness (QED) is 0.160. The molecule has 5 heteroatoms. The van der Waals surface area contributed by atoms with Crippen molar-refractivity contribution in [3.8, 4) is 17.3 Å². The summed E-state index contributed by atoms with van der Waals surface area (Å²) in [5, 5.41) is 2.36. The maximum atomic E-state index is 6.84. The average molecular weight is 823 g/mol. The van der Waals surface area contributed by atoms with E-state index in [0.29, 0.717) is 6.67 Å². The van der Waals surface area contributed by atoms with E-state index in [9.17, 15) is 0 Å². The van der Waals surface area contributed by atoms with Gasteiger partial charge in [-0.2, -0.15) is 0 Å². The molecule has 3 heterocycles. The Morgan fingerprint density at radius 3 is 1.69 bits per heavy atom. The maximum Gasteiger partial charge on any atom is 0.137 e. The van der Waals surface area contributed by atoms with Crippen LogP contribution < -0.4 is 14.5 Å². The summed E-state index contributed by atoms with van der Waals surface area (Å²) in [6.45, 7) is 33.2. The molecule has 8 rings (SSSR count). The van der Waals surface area contributed by atoms with Gasteiger partial charge in [0.2, 0.25) is 0 Å². The van der Waals surface area contributed by atoms with Crippen molar-refractivity contribution in [3.63, 3.8) is 0 Å². The van der Waals surface area contributed by atoms with Gasteiger partial charge in [0.15, 0.2) is 0 Å². The molecule has 1 aliphatic rings. The second kappa shape index (κ2) is 15.2. The molecule has 5 nitrogen and oxygen atoms in total. The lowest BCUT2D eigenvalue weighted by Crippen LogP contribution is -2.32. The highest BCUT2D eigenvalue weighted by molar-refractivity contribution is 6.09. The molecule has 1 aliphatic heterocycles. The first-order chi connectivity index (χ1) is 29.0. The predicted octanol–water partition coefficient (Wildman–Crippen LogP) is 15.5. The van der Waals surface area contributed by atoms with Crippen LogP contribution in [0.4, 0.5) is 11.4 Å². The number of allylic oxidation sites excluding steroid dienone is 2. The van der Waals surface area contributed by atoms with Gasteiger partial charge < -0.3 is 14.5 Å². The molecule has 62 heavy (non-hydrogen) atoms. The number of hydrogen-bond acceptors (Lipinski definition) is 4. The van der Waals surface area contributed by atoms with Gasteiger partial charge in [-0.1, -0.05) is 158 Å². The molecule has 5 aromatic carbocycles. The highest BCUT2D eigenvalue weighted by atomic mass is 16.5. The molecular weight excluding hydrogens is 757 g/mol. The molecule has 0 atom stereocenters. The van der Waals surface area contributed by atoms with Gasteiger partial charge in [-0.3, -0.25) is 4.57 Å². The Kier molecular flexibility index (Phi) is 10.5.